The molecule has 6 heteroatoms. The molecule has 0 aliphatic heterocycles. The minimum absolute atomic E-state index is 0.710. The fraction of sp³-hybridized carbons (Fsp3) is 0.400. The van der Waals surface area contributed by atoms with Crippen molar-refractivity contribution in [1.29, 1.82) is 0 Å². The average Bonchev–Trinajstić information content (AvgIpc) is 2.75. The van der Waals surface area contributed by atoms with E-state index in [9.17, 15) is 0 Å². The number of anilines is 1. The number of nitrogens with one attached hydrogen (secondary N) is 1. The van der Waals surface area contributed by atoms with Gasteiger partial charge >= 0.3 is 0 Å². The lowest BCUT2D eigenvalue weighted by Gasteiger charge is -2.07. The first-order valence-electron chi connectivity index (χ1n) is 5.05. The van der Waals surface area contributed by atoms with E-state index in [4.69, 9.17) is 11.6 Å². The average molecular weight is 274 g/mol. The second-order valence-electron chi connectivity index (χ2n) is 3.18. The van der Waals surface area contributed by atoms with Crippen molar-refractivity contribution in [3.63, 3.8) is 0 Å². The van der Waals surface area contributed by atoms with Crippen molar-refractivity contribution >= 4 is 51.8 Å². The minimum atomic E-state index is 0.710. The molecular weight excluding hydrogens is 262 g/mol. The van der Waals surface area contributed by atoms with E-state index in [2.05, 4.69) is 21.0 Å². The number of halogens is 1. The summed E-state index contributed by atoms with van der Waals surface area (Å²) in [5.41, 5.74) is 2.68. The molecule has 16 heavy (non-hydrogen) atoms. The Balaban J connectivity index is 2.15. The number of nitrogens with zero attached hydrogens (tertiary/aromatic N) is 2. The standard InChI is InChI=1S/C10H12ClN3S2/c1-2-15-6-5-12-9-7(11)3-4-8-10(9)14-16-13-8/h3-4,12H,2,5-6H2,1H3. The molecule has 0 saturated carbocycles. The van der Waals surface area contributed by atoms with E-state index in [1.807, 2.05) is 23.9 Å². The van der Waals surface area contributed by atoms with E-state index in [-0.39, 0.29) is 0 Å². The van der Waals surface area contributed by atoms with Crippen molar-refractivity contribution in [2.45, 2.75) is 6.92 Å². The molecule has 3 nitrogen and oxygen atoms in total. The highest BCUT2D eigenvalue weighted by Crippen LogP contribution is 2.29. The summed E-state index contributed by atoms with van der Waals surface area (Å²) in [4.78, 5) is 0. The van der Waals surface area contributed by atoms with Gasteiger partial charge in [0.05, 0.1) is 22.4 Å². The van der Waals surface area contributed by atoms with Gasteiger partial charge < -0.3 is 5.32 Å². The zero-order chi connectivity index (χ0) is 11.4. The highest BCUT2D eigenvalue weighted by atomic mass is 35.5. The van der Waals surface area contributed by atoms with Gasteiger partial charge in [-0.3, -0.25) is 0 Å². The van der Waals surface area contributed by atoms with Crippen LogP contribution in [0.25, 0.3) is 11.0 Å². The lowest BCUT2D eigenvalue weighted by molar-refractivity contribution is 1.23. The van der Waals surface area contributed by atoms with Crippen LogP contribution < -0.4 is 5.32 Å². The highest BCUT2D eigenvalue weighted by molar-refractivity contribution is 7.99. The molecule has 0 saturated heterocycles. The zero-order valence-electron chi connectivity index (χ0n) is 8.86. The molecule has 2 rings (SSSR count). The normalized spacial score (nSPS) is 10.9. The molecular formula is C10H12ClN3S2. The van der Waals surface area contributed by atoms with Crippen molar-refractivity contribution in [3.8, 4) is 0 Å². The summed E-state index contributed by atoms with van der Waals surface area (Å²) in [5, 5.41) is 4.04. The molecule has 1 N–H and O–H groups in total. The molecule has 2 aromatic rings. The van der Waals surface area contributed by atoms with Crippen LogP contribution in [-0.2, 0) is 0 Å². The van der Waals surface area contributed by atoms with Crippen LogP contribution in [0.15, 0.2) is 12.1 Å². The molecule has 1 heterocycles. The highest BCUT2D eigenvalue weighted by Gasteiger charge is 2.08. The van der Waals surface area contributed by atoms with Gasteiger partial charge in [-0.15, -0.1) is 0 Å². The van der Waals surface area contributed by atoms with Gasteiger partial charge in [-0.05, 0) is 17.9 Å². The summed E-state index contributed by atoms with van der Waals surface area (Å²) in [7, 11) is 0. The number of hydrogen-bond acceptors (Lipinski definition) is 5. The first kappa shape index (κ1) is 12.0. The third-order valence-corrected chi connectivity index (χ3v) is 3.89. The molecule has 0 unspecified atom stereocenters. The summed E-state index contributed by atoms with van der Waals surface area (Å²) < 4.78 is 8.45. The number of thioether (sulfide) groups is 1. The predicted octanol–water partition coefficient (Wildman–Crippen LogP) is 3.51. The molecule has 86 valence electrons. The van der Waals surface area contributed by atoms with Crippen molar-refractivity contribution in [3.05, 3.63) is 17.2 Å². The Morgan fingerprint density at radius 1 is 1.44 bits per heavy atom. The Hall–Kier alpha value is -0.520. The number of rotatable bonds is 5. The molecule has 0 radical (unpaired) electrons. The molecule has 0 spiro atoms. The van der Waals surface area contributed by atoms with E-state index in [1.165, 1.54) is 11.7 Å². The van der Waals surface area contributed by atoms with Crippen LogP contribution in [0.2, 0.25) is 5.02 Å². The molecule has 1 aromatic carbocycles. The second kappa shape index (κ2) is 5.70. The van der Waals surface area contributed by atoms with Crippen LogP contribution >= 0.6 is 35.1 Å². The summed E-state index contributed by atoms with van der Waals surface area (Å²) in [6.45, 7) is 3.05. The van der Waals surface area contributed by atoms with E-state index in [1.54, 1.807) is 0 Å². The number of fused-ring (bicyclic) bond motifs is 1. The van der Waals surface area contributed by atoms with Gasteiger partial charge in [0.2, 0.25) is 0 Å². The lowest BCUT2D eigenvalue weighted by atomic mass is 10.2. The summed E-state index contributed by atoms with van der Waals surface area (Å²) in [5.74, 6) is 2.21. The second-order valence-corrected chi connectivity index (χ2v) is 5.51. The van der Waals surface area contributed by atoms with Gasteiger partial charge in [-0.25, -0.2) is 0 Å². The Morgan fingerprint density at radius 2 is 2.31 bits per heavy atom. The monoisotopic (exact) mass is 273 g/mol. The maximum atomic E-state index is 6.14. The largest absolute Gasteiger partial charge is 0.381 e. The van der Waals surface area contributed by atoms with Gasteiger partial charge in [-0.2, -0.15) is 20.5 Å². The van der Waals surface area contributed by atoms with Crippen LogP contribution in [-0.4, -0.2) is 26.8 Å². The summed E-state index contributed by atoms with van der Waals surface area (Å²) >= 11 is 9.26. The Morgan fingerprint density at radius 3 is 3.12 bits per heavy atom. The third-order valence-electron chi connectivity index (χ3n) is 2.13. The summed E-state index contributed by atoms with van der Waals surface area (Å²) in [6.07, 6.45) is 0. The quantitative estimate of drug-likeness (QED) is 0.846. The van der Waals surface area contributed by atoms with Crippen molar-refractivity contribution in [1.82, 2.24) is 8.75 Å². The molecule has 0 atom stereocenters. The van der Waals surface area contributed by atoms with Gasteiger partial charge in [0.15, 0.2) is 0 Å². The van der Waals surface area contributed by atoms with Crippen molar-refractivity contribution < 1.29 is 0 Å². The maximum Gasteiger partial charge on any atom is 0.129 e. The molecule has 0 bridgehead atoms. The van der Waals surface area contributed by atoms with Crippen LogP contribution in [0.1, 0.15) is 6.92 Å². The number of hydrogen-bond donors (Lipinski definition) is 1. The van der Waals surface area contributed by atoms with Crippen LogP contribution in [0.3, 0.4) is 0 Å². The maximum absolute atomic E-state index is 6.14. The van der Waals surface area contributed by atoms with Gasteiger partial charge in [0.25, 0.3) is 0 Å². The Kier molecular flexibility index (Phi) is 4.26. The van der Waals surface area contributed by atoms with E-state index >= 15 is 0 Å². The molecule has 0 aliphatic carbocycles. The van der Waals surface area contributed by atoms with E-state index in [0.29, 0.717) is 5.02 Å². The topological polar surface area (TPSA) is 37.8 Å². The summed E-state index contributed by atoms with van der Waals surface area (Å²) in [6, 6.07) is 3.76. The lowest BCUT2D eigenvalue weighted by Crippen LogP contribution is -2.05. The van der Waals surface area contributed by atoms with E-state index in [0.717, 1.165) is 34.8 Å². The minimum Gasteiger partial charge on any atom is -0.381 e. The van der Waals surface area contributed by atoms with Crippen LogP contribution in [0.4, 0.5) is 5.69 Å². The molecule has 0 amide bonds. The Labute approximate surface area is 108 Å². The zero-order valence-corrected chi connectivity index (χ0v) is 11.3. The first-order valence-corrected chi connectivity index (χ1v) is 7.31. The van der Waals surface area contributed by atoms with E-state index < -0.39 is 0 Å². The molecule has 0 aliphatic rings. The Bertz CT molecular complexity index is 472. The predicted molar refractivity (Wildman–Crippen MR) is 73.9 cm³/mol. The molecule has 1 aromatic heterocycles. The number of benzene rings is 1. The third kappa shape index (κ3) is 2.59. The fourth-order valence-corrected chi connectivity index (χ4v) is 2.68. The van der Waals surface area contributed by atoms with Crippen LogP contribution in [0, 0.1) is 0 Å². The smallest absolute Gasteiger partial charge is 0.129 e. The SMILES string of the molecule is CCSCCNc1c(Cl)ccc2nsnc12. The van der Waals surface area contributed by atoms with Gasteiger partial charge in [0, 0.05) is 12.3 Å². The van der Waals surface area contributed by atoms with Crippen LogP contribution in [0.5, 0.6) is 0 Å². The van der Waals surface area contributed by atoms with Crippen molar-refractivity contribution in [2.75, 3.05) is 23.4 Å². The van der Waals surface area contributed by atoms with Gasteiger partial charge in [-0.1, -0.05) is 18.5 Å². The van der Waals surface area contributed by atoms with Gasteiger partial charge in [0.1, 0.15) is 11.0 Å². The first-order chi connectivity index (χ1) is 7.83. The van der Waals surface area contributed by atoms with Crippen molar-refractivity contribution in [2.24, 2.45) is 0 Å². The molecule has 0 fully saturated rings. The number of aromatic nitrogens is 2. The fourth-order valence-electron chi connectivity index (χ4n) is 1.39.